The molecule has 1 N–H and O–H groups in total. The lowest BCUT2D eigenvalue weighted by molar-refractivity contribution is -0.128. The molecule has 0 bridgehead atoms. The van der Waals surface area contributed by atoms with Gasteiger partial charge in [-0.15, -0.1) is 0 Å². The van der Waals surface area contributed by atoms with Crippen LogP contribution in [0, 0.1) is 0 Å². The van der Waals surface area contributed by atoms with E-state index in [-0.39, 0.29) is 11.8 Å². The van der Waals surface area contributed by atoms with Gasteiger partial charge in [-0.3, -0.25) is 9.59 Å². The molecule has 0 aromatic rings. The fourth-order valence-corrected chi connectivity index (χ4v) is 0.557. The largest absolute Gasteiger partial charge is 0.355 e. The van der Waals surface area contributed by atoms with Crippen LogP contribution in [-0.4, -0.2) is 36.9 Å². The highest BCUT2D eigenvalue weighted by Gasteiger charge is 2.00. The van der Waals surface area contributed by atoms with E-state index in [0.29, 0.717) is 13.1 Å². The molecule has 0 atom stereocenters. The van der Waals surface area contributed by atoms with Crippen molar-refractivity contribution in [1.82, 2.24) is 10.2 Å². The summed E-state index contributed by atoms with van der Waals surface area (Å²) in [6, 6.07) is 0. The summed E-state index contributed by atoms with van der Waals surface area (Å²) >= 11 is 0. The van der Waals surface area contributed by atoms with Crippen molar-refractivity contribution in [3.63, 3.8) is 0 Å². The van der Waals surface area contributed by atoms with Crippen molar-refractivity contribution in [2.24, 2.45) is 0 Å². The maximum absolute atomic E-state index is 10.6. The van der Waals surface area contributed by atoms with E-state index in [1.54, 1.807) is 11.9 Å². The third-order valence-electron chi connectivity index (χ3n) is 1.36. The number of nitrogens with one attached hydrogen (secondary N) is 1. The fourth-order valence-electron chi connectivity index (χ4n) is 0.557. The summed E-state index contributed by atoms with van der Waals surface area (Å²) in [5.74, 6) is -0.0581. The summed E-state index contributed by atoms with van der Waals surface area (Å²) in [5, 5.41) is 2.60. The lowest BCUT2D eigenvalue weighted by Crippen LogP contribution is -2.33. The maximum atomic E-state index is 10.6. The normalized spacial score (nSPS) is 9.00. The summed E-state index contributed by atoms with van der Waals surface area (Å²) in [6.07, 6.45) is 0. The SMILES string of the molecule is CC(=O)NCCN(C)C(C)=O. The number of carbonyl (C=O) groups excluding carboxylic acids is 2. The van der Waals surface area contributed by atoms with E-state index >= 15 is 0 Å². The van der Waals surface area contributed by atoms with Crippen molar-refractivity contribution in [2.75, 3.05) is 20.1 Å². The van der Waals surface area contributed by atoms with Crippen LogP contribution < -0.4 is 5.32 Å². The van der Waals surface area contributed by atoms with Gasteiger partial charge in [0.2, 0.25) is 11.8 Å². The first-order valence-electron chi connectivity index (χ1n) is 3.50. The molecule has 0 heterocycles. The fraction of sp³-hybridized carbons (Fsp3) is 0.714. The minimum Gasteiger partial charge on any atom is -0.355 e. The first kappa shape index (κ1) is 9.94. The molecule has 4 nitrogen and oxygen atoms in total. The van der Waals surface area contributed by atoms with E-state index in [4.69, 9.17) is 0 Å². The summed E-state index contributed by atoms with van der Waals surface area (Å²) in [4.78, 5) is 22.6. The molecule has 0 saturated carbocycles. The zero-order chi connectivity index (χ0) is 8.85. The number of likely N-dealkylation sites (N-methyl/N-ethyl adjacent to an activating group) is 1. The number of nitrogens with zero attached hydrogens (tertiary/aromatic N) is 1. The third kappa shape index (κ3) is 5.39. The molecule has 0 aliphatic rings. The number of carbonyl (C=O) groups is 2. The van der Waals surface area contributed by atoms with Gasteiger partial charge in [-0.2, -0.15) is 0 Å². The number of amides is 2. The van der Waals surface area contributed by atoms with Crippen LogP contribution in [-0.2, 0) is 9.59 Å². The van der Waals surface area contributed by atoms with Crippen molar-refractivity contribution in [1.29, 1.82) is 0 Å². The molecule has 0 spiro atoms. The first-order valence-corrected chi connectivity index (χ1v) is 3.50. The average Bonchev–Trinajstić information content (AvgIpc) is 1.86. The van der Waals surface area contributed by atoms with E-state index < -0.39 is 0 Å². The van der Waals surface area contributed by atoms with Gasteiger partial charge in [-0.25, -0.2) is 0 Å². The Morgan fingerprint density at radius 2 is 1.91 bits per heavy atom. The third-order valence-corrected chi connectivity index (χ3v) is 1.36. The molecule has 0 aromatic carbocycles. The van der Waals surface area contributed by atoms with Gasteiger partial charge in [0.25, 0.3) is 0 Å². The predicted molar refractivity (Wildman–Crippen MR) is 42.0 cm³/mol. The Morgan fingerprint density at radius 1 is 1.36 bits per heavy atom. The maximum Gasteiger partial charge on any atom is 0.219 e. The average molecular weight is 158 g/mol. The lowest BCUT2D eigenvalue weighted by Gasteiger charge is -2.13. The van der Waals surface area contributed by atoms with Gasteiger partial charge in [0.05, 0.1) is 0 Å². The minimum absolute atomic E-state index is 0.00959. The van der Waals surface area contributed by atoms with Crippen LogP contribution in [0.1, 0.15) is 13.8 Å². The Bertz CT molecular complexity index is 157. The number of hydrogen-bond acceptors (Lipinski definition) is 2. The van der Waals surface area contributed by atoms with Crippen molar-refractivity contribution in [2.45, 2.75) is 13.8 Å². The second-order valence-electron chi connectivity index (χ2n) is 2.42. The van der Waals surface area contributed by atoms with Gasteiger partial charge >= 0.3 is 0 Å². The smallest absolute Gasteiger partial charge is 0.219 e. The summed E-state index contributed by atoms with van der Waals surface area (Å²) in [6.45, 7) is 4.03. The summed E-state index contributed by atoms with van der Waals surface area (Å²) in [7, 11) is 1.70. The molecule has 2 amide bonds. The van der Waals surface area contributed by atoms with Gasteiger partial charge in [-0.05, 0) is 0 Å². The zero-order valence-electron chi connectivity index (χ0n) is 7.18. The molecule has 0 rings (SSSR count). The second kappa shape index (κ2) is 4.71. The molecular weight excluding hydrogens is 144 g/mol. The van der Waals surface area contributed by atoms with Crippen LogP contribution in [0.5, 0.6) is 0 Å². The Labute approximate surface area is 66.6 Å². The molecule has 64 valence electrons. The van der Waals surface area contributed by atoms with Gasteiger partial charge in [-0.1, -0.05) is 0 Å². The molecule has 0 aliphatic heterocycles. The van der Waals surface area contributed by atoms with Crippen LogP contribution in [0.2, 0.25) is 0 Å². The number of rotatable bonds is 3. The van der Waals surface area contributed by atoms with Crippen LogP contribution in [0.3, 0.4) is 0 Å². The minimum atomic E-state index is -0.0676. The molecule has 0 unspecified atom stereocenters. The highest BCUT2D eigenvalue weighted by atomic mass is 16.2. The monoisotopic (exact) mass is 158 g/mol. The van der Waals surface area contributed by atoms with Gasteiger partial charge in [0.1, 0.15) is 0 Å². The Kier molecular flexibility index (Phi) is 4.26. The zero-order valence-corrected chi connectivity index (χ0v) is 7.18. The van der Waals surface area contributed by atoms with Gasteiger partial charge < -0.3 is 10.2 Å². The van der Waals surface area contributed by atoms with Gasteiger partial charge in [0.15, 0.2) is 0 Å². The van der Waals surface area contributed by atoms with E-state index in [9.17, 15) is 9.59 Å². The van der Waals surface area contributed by atoms with Gasteiger partial charge in [0, 0.05) is 34.0 Å². The highest BCUT2D eigenvalue weighted by Crippen LogP contribution is 1.80. The standard InChI is InChI=1S/C7H14N2O2/c1-6(10)8-4-5-9(3)7(2)11/h4-5H2,1-3H3,(H,8,10). The van der Waals surface area contributed by atoms with Crippen LogP contribution in [0.25, 0.3) is 0 Å². The Morgan fingerprint density at radius 3 is 2.27 bits per heavy atom. The van der Waals surface area contributed by atoms with E-state index in [1.165, 1.54) is 13.8 Å². The Hall–Kier alpha value is -1.06. The van der Waals surface area contributed by atoms with Crippen LogP contribution in [0.15, 0.2) is 0 Å². The van der Waals surface area contributed by atoms with Crippen molar-refractivity contribution in [3.8, 4) is 0 Å². The lowest BCUT2D eigenvalue weighted by atomic mass is 10.5. The number of hydrogen-bond donors (Lipinski definition) is 1. The second-order valence-corrected chi connectivity index (χ2v) is 2.42. The molecular formula is C7H14N2O2. The Balaban J connectivity index is 3.39. The molecule has 0 radical (unpaired) electrons. The topological polar surface area (TPSA) is 49.4 Å². The van der Waals surface area contributed by atoms with Crippen molar-refractivity contribution < 1.29 is 9.59 Å². The van der Waals surface area contributed by atoms with Crippen LogP contribution >= 0.6 is 0 Å². The predicted octanol–water partition coefficient (Wildman–Crippen LogP) is -0.399. The molecule has 11 heavy (non-hydrogen) atoms. The van der Waals surface area contributed by atoms with E-state index in [1.807, 2.05) is 0 Å². The molecule has 0 fully saturated rings. The van der Waals surface area contributed by atoms with Crippen molar-refractivity contribution in [3.05, 3.63) is 0 Å². The first-order chi connectivity index (χ1) is 5.04. The highest BCUT2D eigenvalue weighted by molar-refractivity contribution is 5.74. The molecule has 0 aromatic heterocycles. The van der Waals surface area contributed by atoms with Crippen molar-refractivity contribution >= 4 is 11.8 Å². The van der Waals surface area contributed by atoms with Crippen LogP contribution in [0.4, 0.5) is 0 Å². The summed E-state index contributed by atoms with van der Waals surface area (Å²) < 4.78 is 0. The molecule has 0 aliphatic carbocycles. The molecule has 4 heteroatoms. The summed E-state index contributed by atoms with van der Waals surface area (Å²) in [5.41, 5.74) is 0. The quantitative estimate of drug-likeness (QED) is 0.607. The van der Waals surface area contributed by atoms with E-state index in [0.717, 1.165) is 0 Å². The van der Waals surface area contributed by atoms with E-state index in [2.05, 4.69) is 5.32 Å². The molecule has 0 saturated heterocycles.